The van der Waals surface area contributed by atoms with Crippen LogP contribution in [0.25, 0.3) is 11.5 Å². The minimum Gasteiger partial charge on any atom is -0.403 e. The van der Waals surface area contributed by atoms with Crippen LogP contribution in [0.2, 0.25) is 0 Å². The standard InChI is InChI=1S/C18H21FN4O2/c1-11(16(24)23-10-9-18(7-8-18)12(23)2)20-17-22-21-15(25-17)13-3-5-14(19)6-4-13/h3-6,11-12H,7-10H2,1-2H3,(H,20,22)/t11-,12-/m1/s1. The molecule has 2 aliphatic rings. The average molecular weight is 344 g/mol. The molecule has 0 radical (unpaired) electrons. The molecule has 6 nitrogen and oxygen atoms in total. The van der Waals surface area contributed by atoms with E-state index in [0.29, 0.717) is 17.0 Å². The molecule has 0 bridgehead atoms. The molecule has 1 amide bonds. The van der Waals surface area contributed by atoms with Gasteiger partial charge in [-0.05, 0) is 62.8 Å². The van der Waals surface area contributed by atoms with Crippen LogP contribution in [-0.4, -0.2) is 39.6 Å². The van der Waals surface area contributed by atoms with E-state index in [1.165, 1.54) is 25.0 Å². The van der Waals surface area contributed by atoms with Crippen molar-refractivity contribution in [1.29, 1.82) is 0 Å². The maximum absolute atomic E-state index is 13.0. The van der Waals surface area contributed by atoms with Crippen molar-refractivity contribution in [1.82, 2.24) is 15.1 Å². The van der Waals surface area contributed by atoms with Gasteiger partial charge in [0.1, 0.15) is 11.9 Å². The highest BCUT2D eigenvalue weighted by molar-refractivity contribution is 5.84. The molecule has 1 N–H and O–H groups in total. The van der Waals surface area contributed by atoms with Crippen molar-refractivity contribution in [3.05, 3.63) is 30.1 Å². The summed E-state index contributed by atoms with van der Waals surface area (Å²) in [4.78, 5) is 14.7. The molecule has 1 aliphatic heterocycles. The van der Waals surface area contributed by atoms with Gasteiger partial charge in [0.25, 0.3) is 0 Å². The Hall–Kier alpha value is -2.44. The summed E-state index contributed by atoms with van der Waals surface area (Å²) in [6.07, 6.45) is 3.55. The molecular formula is C18H21FN4O2. The number of nitrogens with one attached hydrogen (secondary N) is 1. The second kappa shape index (κ2) is 5.82. The number of anilines is 1. The number of carbonyl (C=O) groups excluding carboxylic acids is 1. The summed E-state index contributed by atoms with van der Waals surface area (Å²) in [6.45, 7) is 4.76. The second-order valence-corrected chi connectivity index (χ2v) is 7.11. The minimum absolute atomic E-state index is 0.0535. The van der Waals surface area contributed by atoms with Crippen LogP contribution in [0.4, 0.5) is 10.4 Å². The van der Waals surface area contributed by atoms with Gasteiger partial charge in [0.2, 0.25) is 11.8 Å². The van der Waals surface area contributed by atoms with E-state index >= 15 is 0 Å². The molecule has 1 aromatic heterocycles. The van der Waals surface area contributed by atoms with Crippen LogP contribution in [0.15, 0.2) is 28.7 Å². The number of halogens is 1. The number of carbonyl (C=O) groups is 1. The second-order valence-electron chi connectivity index (χ2n) is 7.11. The first kappa shape index (κ1) is 16.1. The van der Waals surface area contributed by atoms with E-state index in [0.717, 1.165) is 13.0 Å². The molecule has 2 heterocycles. The number of nitrogens with zero attached hydrogens (tertiary/aromatic N) is 3. The predicted octanol–water partition coefficient (Wildman–Crippen LogP) is 3.08. The average Bonchev–Trinajstić information content (AvgIpc) is 3.14. The van der Waals surface area contributed by atoms with E-state index in [2.05, 4.69) is 22.4 Å². The van der Waals surface area contributed by atoms with Crippen LogP contribution < -0.4 is 5.32 Å². The lowest BCUT2D eigenvalue weighted by atomic mass is 9.99. The van der Waals surface area contributed by atoms with Crippen molar-refractivity contribution < 1.29 is 13.6 Å². The van der Waals surface area contributed by atoms with E-state index in [-0.39, 0.29) is 23.6 Å². The van der Waals surface area contributed by atoms with Gasteiger partial charge in [-0.1, -0.05) is 5.10 Å². The Kier molecular flexibility index (Phi) is 3.74. The molecule has 25 heavy (non-hydrogen) atoms. The Bertz CT molecular complexity index is 785. The van der Waals surface area contributed by atoms with Crippen molar-refractivity contribution >= 4 is 11.9 Å². The maximum Gasteiger partial charge on any atom is 0.316 e. The van der Waals surface area contributed by atoms with Gasteiger partial charge in [0, 0.05) is 18.2 Å². The number of benzene rings is 1. The molecule has 1 saturated carbocycles. The molecule has 1 aromatic carbocycles. The van der Waals surface area contributed by atoms with Gasteiger partial charge in [0.05, 0.1) is 0 Å². The van der Waals surface area contributed by atoms with Gasteiger partial charge in [-0.15, -0.1) is 5.10 Å². The predicted molar refractivity (Wildman–Crippen MR) is 90.2 cm³/mol. The number of likely N-dealkylation sites (tertiary alicyclic amines) is 1. The fraction of sp³-hybridized carbons (Fsp3) is 0.500. The Balaban J connectivity index is 1.42. The van der Waals surface area contributed by atoms with Gasteiger partial charge in [-0.25, -0.2) is 4.39 Å². The molecule has 1 spiro atoms. The number of rotatable bonds is 4. The zero-order valence-electron chi connectivity index (χ0n) is 14.3. The first-order valence-electron chi connectivity index (χ1n) is 8.65. The lowest BCUT2D eigenvalue weighted by Gasteiger charge is -2.27. The smallest absolute Gasteiger partial charge is 0.316 e. The van der Waals surface area contributed by atoms with Gasteiger partial charge >= 0.3 is 6.01 Å². The van der Waals surface area contributed by atoms with Crippen molar-refractivity contribution in [2.24, 2.45) is 5.41 Å². The lowest BCUT2D eigenvalue weighted by Crippen LogP contribution is -2.44. The highest BCUT2D eigenvalue weighted by atomic mass is 19.1. The minimum atomic E-state index is -0.446. The summed E-state index contributed by atoms with van der Waals surface area (Å²) in [5, 5.41) is 10.9. The van der Waals surface area contributed by atoms with Crippen molar-refractivity contribution in [3.8, 4) is 11.5 Å². The number of amides is 1. The fourth-order valence-electron chi connectivity index (χ4n) is 3.69. The topological polar surface area (TPSA) is 71.3 Å². The van der Waals surface area contributed by atoms with Gasteiger partial charge in [0.15, 0.2) is 0 Å². The third kappa shape index (κ3) is 2.88. The van der Waals surface area contributed by atoms with Crippen LogP contribution in [0.5, 0.6) is 0 Å². The number of aromatic nitrogens is 2. The van der Waals surface area contributed by atoms with Crippen molar-refractivity contribution in [3.63, 3.8) is 0 Å². The Morgan fingerprint density at radius 1 is 1.32 bits per heavy atom. The summed E-state index contributed by atoms with van der Waals surface area (Å²) in [6, 6.07) is 5.85. The Labute approximate surface area is 145 Å². The van der Waals surface area contributed by atoms with Crippen LogP contribution in [0.3, 0.4) is 0 Å². The van der Waals surface area contributed by atoms with Crippen molar-refractivity contribution in [2.45, 2.75) is 45.2 Å². The molecular weight excluding hydrogens is 323 g/mol. The van der Waals surface area contributed by atoms with Gasteiger partial charge in [-0.3, -0.25) is 4.79 Å². The first-order chi connectivity index (χ1) is 12.0. The summed E-state index contributed by atoms with van der Waals surface area (Å²) in [7, 11) is 0. The van der Waals surface area contributed by atoms with Crippen molar-refractivity contribution in [2.75, 3.05) is 11.9 Å². The van der Waals surface area contributed by atoms with Crippen LogP contribution >= 0.6 is 0 Å². The molecule has 0 unspecified atom stereocenters. The Morgan fingerprint density at radius 3 is 2.68 bits per heavy atom. The third-order valence-electron chi connectivity index (χ3n) is 5.61. The molecule has 132 valence electrons. The molecule has 2 aromatic rings. The molecule has 4 rings (SSSR count). The van der Waals surface area contributed by atoms with Gasteiger partial charge < -0.3 is 14.6 Å². The summed E-state index contributed by atoms with van der Waals surface area (Å²) >= 11 is 0. The normalized spacial score (nSPS) is 22.2. The highest BCUT2D eigenvalue weighted by Gasteiger charge is 2.54. The van der Waals surface area contributed by atoms with E-state index < -0.39 is 6.04 Å². The SMILES string of the molecule is C[C@@H](Nc1nnc(-c2ccc(F)cc2)o1)C(=O)N1CCC2(CC2)[C@H]1C. The number of hydrogen-bond acceptors (Lipinski definition) is 5. The largest absolute Gasteiger partial charge is 0.403 e. The third-order valence-corrected chi connectivity index (χ3v) is 5.61. The molecule has 2 fully saturated rings. The van der Waals surface area contributed by atoms with Crippen LogP contribution in [-0.2, 0) is 4.79 Å². The van der Waals surface area contributed by atoms with Crippen LogP contribution in [0, 0.1) is 11.2 Å². The summed E-state index contributed by atoms with van der Waals surface area (Å²) in [5.41, 5.74) is 1.00. The Morgan fingerprint density at radius 2 is 2.04 bits per heavy atom. The molecule has 2 atom stereocenters. The van der Waals surface area contributed by atoms with Crippen LogP contribution in [0.1, 0.15) is 33.1 Å². The zero-order valence-corrected chi connectivity index (χ0v) is 14.3. The summed E-state index contributed by atoms with van der Waals surface area (Å²) < 4.78 is 18.5. The van der Waals surface area contributed by atoms with E-state index in [9.17, 15) is 9.18 Å². The molecule has 1 saturated heterocycles. The first-order valence-corrected chi connectivity index (χ1v) is 8.65. The quantitative estimate of drug-likeness (QED) is 0.923. The van der Waals surface area contributed by atoms with E-state index in [1.54, 1.807) is 19.1 Å². The van der Waals surface area contributed by atoms with E-state index in [1.807, 2.05) is 4.90 Å². The molecule has 7 heteroatoms. The monoisotopic (exact) mass is 344 g/mol. The van der Waals surface area contributed by atoms with E-state index in [4.69, 9.17) is 4.42 Å². The molecule has 1 aliphatic carbocycles. The fourth-order valence-corrected chi connectivity index (χ4v) is 3.69. The summed E-state index contributed by atoms with van der Waals surface area (Å²) in [5.74, 6) is 0.0143. The highest BCUT2D eigenvalue weighted by Crippen LogP contribution is 2.56. The number of hydrogen-bond donors (Lipinski definition) is 1. The lowest BCUT2D eigenvalue weighted by molar-refractivity contribution is -0.132. The zero-order chi connectivity index (χ0) is 17.6. The van der Waals surface area contributed by atoms with Gasteiger partial charge in [-0.2, -0.15) is 0 Å². The maximum atomic E-state index is 13.0.